The molecule has 0 atom stereocenters. The van der Waals surface area contributed by atoms with Crippen molar-refractivity contribution in [2.75, 3.05) is 58.8 Å². The molecule has 176 valence electrons. The minimum absolute atomic E-state index is 0.00267. The van der Waals surface area contributed by atoms with Crippen molar-refractivity contribution in [2.45, 2.75) is 6.54 Å². The van der Waals surface area contributed by atoms with Crippen LogP contribution in [0, 0.1) is 0 Å². The molecule has 33 heavy (non-hydrogen) atoms. The van der Waals surface area contributed by atoms with Crippen molar-refractivity contribution >= 4 is 32.9 Å². The Labute approximate surface area is 190 Å². The van der Waals surface area contributed by atoms with E-state index in [1.807, 2.05) is 36.0 Å². The van der Waals surface area contributed by atoms with Crippen LogP contribution in [-0.4, -0.2) is 93.3 Å². The minimum Gasteiger partial charge on any atom is -0.506 e. The number of aromatic nitrogens is 2. The van der Waals surface area contributed by atoms with Crippen LogP contribution in [0.3, 0.4) is 0 Å². The lowest BCUT2D eigenvalue weighted by Crippen LogP contribution is -2.29. The summed E-state index contributed by atoms with van der Waals surface area (Å²) in [5.41, 5.74) is 1.61. The molecule has 0 aliphatic rings. The van der Waals surface area contributed by atoms with E-state index in [-0.39, 0.29) is 35.6 Å². The van der Waals surface area contributed by atoms with Gasteiger partial charge in [-0.1, -0.05) is 0 Å². The van der Waals surface area contributed by atoms with Crippen LogP contribution >= 0.6 is 0 Å². The van der Waals surface area contributed by atoms with Gasteiger partial charge in [-0.3, -0.25) is 9.69 Å². The van der Waals surface area contributed by atoms with Crippen LogP contribution < -0.4 is 10.7 Å². The fourth-order valence-electron chi connectivity index (χ4n) is 4.24. The third-order valence-electron chi connectivity index (χ3n) is 5.81. The number of fused-ring (bicyclic) bond motifs is 2. The Bertz CT molecular complexity index is 1330. The zero-order chi connectivity index (χ0) is 23.7. The van der Waals surface area contributed by atoms with Crippen LogP contribution in [0.25, 0.3) is 27.2 Å². The molecule has 2 aromatic heterocycles. The summed E-state index contributed by atoms with van der Waals surface area (Å²) >= 11 is 0. The number of pyridine rings is 1. The average molecular weight is 456 g/mol. The quantitative estimate of drug-likeness (QED) is 0.218. The highest BCUT2D eigenvalue weighted by molar-refractivity contribution is 6.14. The molecule has 10 nitrogen and oxygen atoms in total. The van der Waals surface area contributed by atoms with Crippen molar-refractivity contribution in [3.05, 3.63) is 40.2 Å². The summed E-state index contributed by atoms with van der Waals surface area (Å²) in [5.74, 6) is -0.364. The molecular formula is C23H29N5O5. The molecule has 0 unspecified atom stereocenters. The molecule has 0 bridgehead atoms. The van der Waals surface area contributed by atoms with Crippen molar-refractivity contribution < 1.29 is 20.4 Å². The summed E-state index contributed by atoms with van der Waals surface area (Å²) in [6.07, 6.45) is 0. The Morgan fingerprint density at radius 2 is 1.70 bits per heavy atom. The number of aromatic hydroxyl groups is 2. The van der Waals surface area contributed by atoms with Gasteiger partial charge in [-0.25, -0.2) is 4.52 Å². The first-order chi connectivity index (χ1) is 15.9. The number of anilines is 1. The number of aliphatic hydroxyl groups is 2. The number of nitrogens with zero attached hydrogens (tertiary/aromatic N) is 4. The van der Waals surface area contributed by atoms with Gasteiger partial charge in [0.2, 0.25) is 0 Å². The summed E-state index contributed by atoms with van der Waals surface area (Å²) in [7, 11) is 3.93. The maximum absolute atomic E-state index is 12.7. The number of benzene rings is 2. The smallest absolute Gasteiger partial charge is 0.192 e. The number of aliphatic hydroxyl groups excluding tert-OH is 2. The predicted octanol–water partition coefficient (Wildman–Crippen LogP) is 0.610. The van der Waals surface area contributed by atoms with Crippen LogP contribution in [0.4, 0.5) is 5.69 Å². The molecular weight excluding hydrogens is 426 g/mol. The molecule has 0 amide bonds. The van der Waals surface area contributed by atoms with E-state index in [1.165, 1.54) is 16.6 Å². The second-order valence-corrected chi connectivity index (χ2v) is 8.35. The fraction of sp³-hybridized carbons (Fsp3) is 0.391. The standard InChI is InChI=1S/C23H29N5O5/c1-26(2)8-7-24-15-4-3-14-16(13-27(9-11-29)10-12-30)25-28-21(14)19(15)23(33)20-17(31)5-6-18(32)22(20)28/h3-6,24,29-30,32-33H,7-13H2,1-2H3. The van der Waals surface area contributed by atoms with Gasteiger partial charge in [-0.2, -0.15) is 5.10 Å². The van der Waals surface area contributed by atoms with Gasteiger partial charge in [0.25, 0.3) is 0 Å². The number of hydrogen-bond acceptors (Lipinski definition) is 9. The zero-order valence-electron chi connectivity index (χ0n) is 18.7. The monoisotopic (exact) mass is 455 g/mol. The minimum atomic E-state index is -0.415. The van der Waals surface area contributed by atoms with Crippen LogP contribution in [0.1, 0.15) is 5.69 Å². The van der Waals surface area contributed by atoms with Gasteiger partial charge in [0.15, 0.2) is 5.43 Å². The first kappa shape index (κ1) is 23.0. The SMILES string of the molecule is CN(C)CCNc1ccc2c(CN(CCO)CCO)nn3c4c(O)ccc(=O)c4c(O)c1c23. The molecule has 0 fully saturated rings. The summed E-state index contributed by atoms with van der Waals surface area (Å²) < 4.78 is 1.51. The van der Waals surface area contributed by atoms with E-state index in [2.05, 4.69) is 5.32 Å². The molecule has 0 saturated carbocycles. The third-order valence-corrected chi connectivity index (χ3v) is 5.81. The Morgan fingerprint density at radius 3 is 2.36 bits per heavy atom. The highest BCUT2D eigenvalue weighted by Crippen LogP contribution is 2.42. The average Bonchev–Trinajstić information content (AvgIpc) is 3.12. The lowest BCUT2D eigenvalue weighted by atomic mass is 10.0. The Morgan fingerprint density at radius 1 is 0.970 bits per heavy atom. The first-order valence-corrected chi connectivity index (χ1v) is 10.8. The van der Waals surface area contributed by atoms with Gasteiger partial charge in [-0.15, -0.1) is 0 Å². The van der Waals surface area contributed by atoms with Crippen molar-refractivity contribution in [3.8, 4) is 11.5 Å². The summed E-state index contributed by atoms with van der Waals surface area (Å²) in [4.78, 5) is 16.6. The Balaban J connectivity index is 1.99. The zero-order valence-corrected chi connectivity index (χ0v) is 18.7. The van der Waals surface area contributed by atoms with E-state index in [0.29, 0.717) is 48.5 Å². The van der Waals surface area contributed by atoms with Gasteiger partial charge >= 0.3 is 0 Å². The molecule has 0 aliphatic carbocycles. The Hall–Kier alpha value is -3.18. The predicted molar refractivity (Wildman–Crippen MR) is 127 cm³/mol. The number of nitrogens with one attached hydrogen (secondary N) is 1. The van der Waals surface area contributed by atoms with Gasteiger partial charge < -0.3 is 30.6 Å². The molecule has 10 heteroatoms. The van der Waals surface area contributed by atoms with Crippen molar-refractivity contribution in [1.29, 1.82) is 0 Å². The van der Waals surface area contributed by atoms with E-state index < -0.39 is 5.43 Å². The first-order valence-electron chi connectivity index (χ1n) is 10.8. The second kappa shape index (κ2) is 9.36. The van der Waals surface area contributed by atoms with Crippen molar-refractivity contribution in [2.24, 2.45) is 0 Å². The van der Waals surface area contributed by atoms with E-state index in [4.69, 9.17) is 5.10 Å². The maximum Gasteiger partial charge on any atom is 0.192 e. The highest BCUT2D eigenvalue weighted by Gasteiger charge is 2.24. The van der Waals surface area contributed by atoms with Gasteiger partial charge in [-0.05, 0) is 38.4 Å². The number of likely N-dealkylation sites (N-methyl/N-ethyl adjacent to an activating group) is 1. The van der Waals surface area contributed by atoms with Gasteiger partial charge in [0.1, 0.15) is 17.0 Å². The molecule has 2 aromatic carbocycles. The van der Waals surface area contributed by atoms with Crippen LogP contribution in [0.15, 0.2) is 29.1 Å². The second-order valence-electron chi connectivity index (χ2n) is 8.35. The topological polar surface area (TPSA) is 134 Å². The van der Waals surface area contributed by atoms with E-state index in [9.17, 15) is 25.2 Å². The largest absolute Gasteiger partial charge is 0.506 e. The molecule has 0 saturated heterocycles. The molecule has 0 radical (unpaired) electrons. The van der Waals surface area contributed by atoms with Gasteiger partial charge in [0, 0.05) is 43.8 Å². The number of rotatable bonds is 10. The van der Waals surface area contributed by atoms with E-state index in [1.54, 1.807) is 0 Å². The molecule has 0 aliphatic heterocycles. The molecule has 4 aromatic rings. The molecule has 0 spiro atoms. The van der Waals surface area contributed by atoms with E-state index in [0.717, 1.165) is 11.9 Å². The van der Waals surface area contributed by atoms with Crippen molar-refractivity contribution in [1.82, 2.24) is 19.4 Å². The molecule has 5 N–H and O–H groups in total. The number of phenolic OH excluding ortho intramolecular Hbond substituents is 1. The summed E-state index contributed by atoms with van der Waals surface area (Å²) in [6.45, 7) is 2.31. The molecule has 4 rings (SSSR count). The number of hydrogen-bond donors (Lipinski definition) is 5. The van der Waals surface area contributed by atoms with Crippen LogP contribution in [0.2, 0.25) is 0 Å². The third kappa shape index (κ3) is 4.13. The highest BCUT2D eigenvalue weighted by atomic mass is 16.3. The maximum atomic E-state index is 12.7. The molecule has 2 heterocycles. The normalized spacial score (nSPS) is 12.2. The van der Waals surface area contributed by atoms with Crippen LogP contribution in [0.5, 0.6) is 11.5 Å². The van der Waals surface area contributed by atoms with Gasteiger partial charge in [0.05, 0.1) is 35.2 Å². The lowest BCUT2D eigenvalue weighted by molar-refractivity contribution is 0.155. The summed E-state index contributed by atoms with van der Waals surface area (Å²) in [6, 6.07) is 6.26. The van der Waals surface area contributed by atoms with E-state index >= 15 is 0 Å². The Kier molecular flexibility index (Phi) is 6.52. The lowest BCUT2D eigenvalue weighted by Gasteiger charge is -2.18. The van der Waals surface area contributed by atoms with Crippen molar-refractivity contribution in [3.63, 3.8) is 0 Å². The van der Waals surface area contributed by atoms with Crippen LogP contribution in [-0.2, 0) is 6.54 Å². The number of phenols is 1. The summed E-state index contributed by atoms with van der Waals surface area (Å²) in [5, 5.41) is 49.8. The fourth-order valence-corrected chi connectivity index (χ4v) is 4.24.